The first kappa shape index (κ1) is 18.6. The van der Waals surface area contributed by atoms with Crippen molar-refractivity contribution in [3.8, 4) is 0 Å². The van der Waals surface area contributed by atoms with Crippen molar-refractivity contribution in [2.75, 3.05) is 18.9 Å². The molecule has 0 aliphatic carbocycles. The molecule has 0 saturated heterocycles. The maximum Gasteiger partial charge on any atom is 0.243 e. The molecule has 0 spiro atoms. The van der Waals surface area contributed by atoms with Gasteiger partial charge in [0.25, 0.3) is 0 Å². The lowest BCUT2D eigenvalue weighted by atomic mass is 10.2. The highest BCUT2D eigenvalue weighted by atomic mass is 79.9. The van der Waals surface area contributed by atoms with Crippen LogP contribution in [0.5, 0.6) is 0 Å². The van der Waals surface area contributed by atoms with Gasteiger partial charge < -0.3 is 5.32 Å². The molecule has 7 heteroatoms. The predicted octanol–water partition coefficient (Wildman–Crippen LogP) is 3.33. The second-order valence-corrected chi connectivity index (χ2v) is 8.50. The van der Waals surface area contributed by atoms with Gasteiger partial charge in [0.05, 0.1) is 17.1 Å². The van der Waals surface area contributed by atoms with Gasteiger partial charge in [0.2, 0.25) is 15.9 Å². The van der Waals surface area contributed by atoms with E-state index < -0.39 is 15.9 Å². The van der Waals surface area contributed by atoms with Gasteiger partial charge in [0.15, 0.2) is 0 Å². The smallest absolute Gasteiger partial charge is 0.243 e. The van der Waals surface area contributed by atoms with E-state index >= 15 is 0 Å². The SMILES string of the molecule is Cc1ccc(S(=O)(=O)N(C)CC(=O)Nc2ccc(C)cc2Br)cc1. The molecular formula is C17H19BrN2O3S. The van der Waals surface area contributed by atoms with Crippen molar-refractivity contribution >= 4 is 37.5 Å². The highest BCUT2D eigenvalue weighted by Gasteiger charge is 2.23. The minimum atomic E-state index is -3.70. The second kappa shape index (κ2) is 7.46. The number of hydrogen-bond acceptors (Lipinski definition) is 3. The summed E-state index contributed by atoms with van der Waals surface area (Å²) in [5.74, 6) is -0.405. The molecule has 1 N–H and O–H groups in total. The quantitative estimate of drug-likeness (QED) is 0.821. The number of carbonyl (C=O) groups is 1. The topological polar surface area (TPSA) is 66.5 Å². The fourth-order valence-corrected chi connectivity index (χ4v) is 3.81. The molecule has 0 bridgehead atoms. The van der Waals surface area contributed by atoms with E-state index in [2.05, 4.69) is 21.2 Å². The second-order valence-electron chi connectivity index (χ2n) is 5.61. The van der Waals surface area contributed by atoms with Gasteiger partial charge in [-0.3, -0.25) is 4.79 Å². The summed E-state index contributed by atoms with van der Waals surface area (Å²) in [6.07, 6.45) is 0. The monoisotopic (exact) mass is 410 g/mol. The highest BCUT2D eigenvalue weighted by Crippen LogP contribution is 2.23. The summed E-state index contributed by atoms with van der Waals surface area (Å²) >= 11 is 3.38. The molecule has 0 atom stereocenters. The number of likely N-dealkylation sites (N-methyl/N-ethyl adjacent to an activating group) is 1. The van der Waals surface area contributed by atoms with Gasteiger partial charge in [-0.05, 0) is 59.6 Å². The van der Waals surface area contributed by atoms with E-state index in [4.69, 9.17) is 0 Å². The molecule has 128 valence electrons. The van der Waals surface area contributed by atoms with Crippen LogP contribution in [-0.2, 0) is 14.8 Å². The maximum absolute atomic E-state index is 12.5. The number of halogens is 1. The number of carbonyl (C=O) groups excluding carboxylic acids is 1. The van der Waals surface area contributed by atoms with Gasteiger partial charge in [-0.15, -0.1) is 0 Å². The Hall–Kier alpha value is -1.70. The van der Waals surface area contributed by atoms with Crippen LogP contribution in [0.15, 0.2) is 51.8 Å². The van der Waals surface area contributed by atoms with Gasteiger partial charge in [0.1, 0.15) is 0 Å². The Balaban J connectivity index is 2.09. The number of hydrogen-bond donors (Lipinski definition) is 1. The van der Waals surface area contributed by atoms with Crippen molar-refractivity contribution in [3.63, 3.8) is 0 Å². The van der Waals surface area contributed by atoms with Crippen molar-refractivity contribution in [3.05, 3.63) is 58.1 Å². The normalized spacial score (nSPS) is 11.5. The van der Waals surface area contributed by atoms with Gasteiger partial charge in [0, 0.05) is 11.5 Å². The average Bonchev–Trinajstić information content (AvgIpc) is 2.50. The van der Waals surface area contributed by atoms with E-state index in [1.165, 1.54) is 19.2 Å². The number of nitrogens with one attached hydrogen (secondary N) is 1. The molecular weight excluding hydrogens is 392 g/mol. The van der Waals surface area contributed by atoms with Gasteiger partial charge >= 0.3 is 0 Å². The van der Waals surface area contributed by atoms with E-state index in [0.717, 1.165) is 19.9 Å². The van der Waals surface area contributed by atoms with E-state index in [0.29, 0.717) is 5.69 Å². The molecule has 0 aliphatic heterocycles. The van der Waals surface area contributed by atoms with Crippen LogP contribution in [0, 0.1) is 13.8 Å². The van der Waals surface area contributed by atoms with Crippen LogP contribution in [0.3, 0.4) is 0 Å². The standard InChI is InChI=1S/C17H19BrN2O3S/c1-12-4-7-14(8-5-12)24(22,23)20(3)11-17(21)19-16-9-6-13(2)10-15(16)18/h4-10H,11H2,1-3H3,(H,19,21). The molecule has 0 aromatic heterocycles. The first-order valence-corrected chi connectivity index (χ1v) is 9.52. The van der Waals surface area contributed by atoms with Crippen molar-refractivity contribution in [2.24, 2.45) is 0 Å². The minimum Gasteiger partial charge on any atom is -0.324 e. The number of amides is 1. The summed E-state index contributed by atoms with van der Waals surface area (Å²) in [4.78, 5) is 12.3. The number of benzene rings is 2. The molecule has 2 aromatic carbocycles. The molecule has 2 rings (SSSR count). The highest BCUT2D eigenvalue weighted by molar-refractivity contribution is 9.10. The first-order valence-electron chi connectivity index (χ1n) is 7.29. The molecule has 2 aromatic rings. The zero-order valence-electron chi connectivity index (χ0n) is 13.7. The van der Waals surface area contributed by atoms with Crippen molar-refractivity contribution in [1.29, 1.82) is 0 Å². The number of anilines is 1. The van der Waals surface area contributed by atoms with Crippen LogP contribution in [0.4, 0.5) is 5.69 Å². The molecule has 0 fully saturated rings. The fraction of sp³-hybridized carbons (Fsp3) is 0.235. The van der Waals surface area contributed by atoms with E-state index in [1.54, 1.807) is 18.2 Å². The molecule has 0 heterocycles. The number of rotatable bonds is 5. The first-order chi connectivity index (χ1) is 11.2. The number of aryl methyl sites for hydroxylation is 2. The summed E-state index contributed by atoms with van der Waals surface area (Å²) < 4.78 is 26.7. The van der Waals surface area contributed by atoms with Crippen LogP contribution in [0.2, 0.25) is 0 Å². The number of sulfonamides is 1. The average molecular weight is 411 g/mol. The van der Waals surface area contributed by atoms with Gasteiger partial charge in [-0.1, -0.05) is 23.8 Å². The van der Waals surface area contributed by atoms with E-state index in [-0.39, 0.29) is 11.4 Å². The van der Waals surface area contributed by atoms with Gasteiger partial charge in [-0.25, -0.2) is 8.42 Å². The van der Waals surface area contributed by atoms with Crippen LogP contribution < -0.4 is 5.32 Å². The molecule has 5 nitrogen and oxygen atoms in total. The Bertz CT molecular complexity index is 849. The Morgan fingerprint density at radius 3 is 2.25 bits per heavy atom. The lowest BCUT2D eigenvalue weighted by molar-refractivity contribution is -0.116. The third kappa shape index (κ3) is 4.43. The van der Waals surface area contributed by atoms with E-state index in [9.17, 15) is 13.2 Å². The molecule has 0 aliphatic rings. The summed E-state index contributed by atoms with van der Waals surface area (Å²) in [7, 11) is -2.31. The van der Waals surface area contributed by atoms with Crippen LogP contribution >= 0.6 is 15.9 Å². The molecule has 0 unspecified atom stereocenters. The number of nitrogens with zero attached hydrogens (tertiary/aromatic N) is 1. The zero-order valence-corrected chi connectivity index (χ0v) is 16.1. The minimum absolute atomic E-state index is 0.167. The largest absolute Gasteiger partial charge is 0.324 e. The molecule has 0 radical (unpaired) electrons. The van der Waals surface area contributed by atoms with Crippen LogP contribution in [-0.4, -0.2) is 32.2 Å². The summed E-state index contributed by atoms with van der Waals surface area (Å²) in [6.45, 7) is 3.56. The zero-order chi connectivity index (χ0) is 17.9. The summed E-state index contributed by atoms with van der Waals surface area (Å²) in [6, 6.07) is 12.0. The summed E-state index contributed by atoms with van der Waals surface area (Å²) in [5, 5.41) is 2.71. The molecule has 0 saturated carbocycles. The Labute approximate surface area is 150 Å². The third-order valence-corrected chi connectivity index (χ3v) is 5.97. The van der Waals surface area contributed by atoms with Crippen molar-refractivity contribution < 1.29 is 13.2 Å². The Kier molecular flexibility index (Phi) is 5.79. The van der Waals surface area contributed by atoms with Crippen molar-refractivity contribution in [2.45, 2.75) is 18.7 Å². The van der Waals surface area contributed by atoms with Crippen molar-refractivity contribution in [1.82, 2.24) is 4.31 Å². The van der Waals surface area contributed by atoms with Crippen LogP contribution in [0.25, 0.3) is 0 Å². The predicted molar refractivity (Wildman–Crippen MR) is 98.5 cm³/mol. The van der Waals surface area contributed by atoms with Gasteiger partial charge in [-0.2, -0.15) is 4.31 Å². The van der Waals surface area contributed by atoms with Crippen LogP contribution in [0.1, 0.15) is 11.1 Å². The Morgan fingerprint density at radius 1 is 1.08 bits per heavy atom. The molecule has 1 amide bonds. The lowest BCUT2D eigenvalue weighted by Gasteiger charge is -2.17. The Morgan fingerprint density at radius 2 is 1.67 bits per heavy atom. The molecule has 24 heavy (non-hydrogen) atoms. The maximum atomic E-state index is 12.5. The van der Waals surface area contributed by atoms with E-state index in [1.807, 2.05) is 26.0 Å². The summed E-state index contributed by atoms with van der Waals surface area (Å²) in [5.41, 5.74) is 2.63. The fourth-order valence-electron chi connectivity index (χ4n) is 2.09. The lowest BCUT2D eigenvalue weighted by Crippen LogP contribution is -2.35. The third-order valence-electron chi connectivity index (χ3n) is 3.49.